The van der Waals surface area contributed by atoms with Crippen molar-refractivity contribution in [2.45, 2.75) is 0 Å². The van der Waals surface area contributed by atoms with Crippen LogP contribution in [0.15, 0.2) is 42.5 Å². The number of fused-ring (bicyclic) bond motifs is 8. The summed E-state index contributed by atoms with van der Waals surface area (Å²) in [4.78, 5) is 26.5. The fourth-order valence-corrected chi connectivity index (χ4v) is 3.15. The molecule has 3 aromatic heterocycles. The first-order valence-electron chi connectivity index (χ1n) is 8.35. The molecule has 5 heterocycles. The second-order valence-corrected chi connectivity index (χ2v) is 6.32. The minimum absolute atomic E-state index is 0. The zero-order valence-electron chi connectivity index (χ0n) is 14.3. The summed E-state index contributed by atoms with van der Waals surface area (Å²) in [6.07, 6.45) is 7.56. The molecule has 8 bridgehead atoms. The largest absolute Gasteiger partial charge is 0.355 e. The molecule has 8 heteroatoms. The number of aromatic amines is 2. The van der Waals surface area contributed by atoms with Gasteiger partial charge in [-0.1, -0.05) is 0 Å². The van der Waals surface area contributed by atoms with Gasteiger partial charge in [0.05, 0.1) is 27.7 Å². The number of hydrogen-bond acceptors (Lipinski definition) is 4. The van der Waals surface area contributed by atoms with Gasteiger partial charge in [0.1, 0.15) is 5.52 Å². The number of aromatic nitrogens is 4. The fourth-order valence-electron chi connectivity index (χ4n) is 3.15. The average Bonchev–Trinajstić information content (AvgIpc) is 3.38. The van der Waals surface area contributed by atoms with E-state index in [4.69, 9.17) is 0 Å². The summed E-state index contributed by atoms with van der Waals surface area (Å²) in [6.45, 7) is 0. The maximum Gasteiger partial charge on any atom is 0.294 e. The summed E-state index contributed by atoms with van der Waals surface area (Å²) >= 11 is 0. The summed E-state index contributed by atoms with van der Waals surface area (Å²) in [5.41, 5.74) is 5.85. The van der Waals surface area contributed by atoms with Crippen LogP contribution in [0.2, 0.25) is 0 Å². The summed E-state index contributed by atoms with van der Waals surface area (Å²) < 4.78 is 0. The SMILES string of the molecule is O=[N+]([O-])c1cc2cc3ccc(cc4nc(cc5nc(cc1[nH]2)C=C5)C=C4)[nH]3.[Ni]. The van der Waals surface area contributed by atoms with E-state index in [-0.39, 0.29) is 22.2 Å². The molecule has 140 valence electrons. The first-order chi connectivity index (χ1) is 13.1. The van der Waals surface area contributed by atoms with Crippen LogP contribution in [0.4, 0.5) is 5.69 Å². The van der Waals surface area contributed by atoms with E-state index in [2.05, 4.69) is 19.9 Å². The molecule has 7 nitrogen and oxygen atoms in total. The summed E-state index contributed by atoms with van der Waals surface area (Å²) in [6, 6.07) is 12.7. The number of nitrogens with one attached hydrogen (secondary N) is 2. The Morgan fingerprint density at radius 3 is 1.93 bits per heavy atom. The molecule has 0 amide bonds. The van der Waals surface area contributed by atoms with Gasteiger partial charge in [-0.3, -0.25) is 10.1 Å². The molecule has 0 fully saturated rings. The first-order valence-corrected chi connectivity index (χ1v) is 8.35. The molecule has 2 aliphatic heterocycles. The summed E-state index contributed by atoms with van der Waals surface area (Å²) in [7, 11) is 0. The maximum atomic E-state index is 11.4. The van der Waals surface area contributed by atoms with E-state index in [1.54, 1.807) is 6.07 Å². The molecule has 0 radical (unpaired) electrons. The van der Waals surface area contributed by atoms with Crippen molar-refractivity contribution in [3.8, 4) is 0 Å². The van der Waals surface area contributed by atoms with Crippen molar-refractivity contribution < 1.29 is 21.4 Å². The molecule has 0 saturated carbocycles. The average molecular weight is 414 g/mol. The van der Waals surface area contributed by atoms with Crippen molar-refractivity contribution in [2.75, 3.05) is 0 Å². The van der Waals surface area contributed by atoms with Crippen molar-refractivity contribution >= 4 is 52.1 Å². The molecular formula is C20H13N5NiO2. The van der Waals surface area contributed by atoms with Crippen LogP contribution in [-0.2, 0) is 16.5 Å². The Hall–Kier alpha value is -3.51. The van der Waals surface area contributed by atoms with Crippen LogP contribution in [0.3, 0.4) is 0 Å². The Bertz CT molecular complexity index is 1320. The van der Waals surface area contributed by atoms with E-state index in [9.17, 15) is 10.1 Å². The fraction of sp³-hybridized carbons (Fsp3) is 0. The Morgan fingerprint density at radius 2 is 1.29 bits per heavy atom. The molecule has 5 rings (SSSR count). The molecular weight excluding hydrogens is 401 g/mol. The molecule has 2 aliphatic rings. The van der Waals surface area contributed by atoms with Gasteiger partial charge in [0.15, 0.2) is 0 Å². The number of nitrogens with zero attached hydrogens (tertiary/aromatic N) is 3. The quantitative estimate of drug-likeness (QED) is 0.239. The third-order valence-electron chi connectivity index (χ3n) is 4.34. The van der Waals surface area contributed by atoms with Crippen molar-refractivity contribution in [3.63, 3.8) is 0 Å². The van der Waals surface area contributed by atoms with E-state index >= 15 is 0 Å². The maximum absolute atomic E-state index is 11.4. The Morgan fingerprint density at radius 1 is 0.714 bits per heavy atom. The van der Waals surface area contributed by atoms with Gasteiger partial charge in [-0.2, -0.15) is 0 Å². The van der Waals surface area contributed by atoms with E-state index < -0.39 is 4.92 Å². The van der Waals surface area contributed by atoms with Gasteiger partial charge in [-0.15, -0.1) is 0 Å². The third-order valence-corrected chi connectivity index (χ3v) is 4.34. The van der Waals surface area contributed by atoms with Gasteiger partial charge in [0.25, 0.3) is 5.69 Å². The topological polar surface area (TPSA) is 100 Å². The van der Waals surface area contributed by atoms with Gasteiger partial charge in [-0.05, 0) is 60.7 Å². The molecule has 0 aliphatic carbocycles. The molecule has 0 saturated heterocycles. The second-order valence-electron chi connectivity index (χ2n) is 6.32. The molecule has 0 spiro atoms. The number of nitro groups is 1. The third kappa shape index (κ3) is 3.37. The number of hydrogen-bond donors (Lipinski definition) is 2. The van der Waals surface area contributed by atoms with Gasteiger partial charge >= 0.3 is 0 Å². The first kappa shape index (κ1) is 17.9. The Labute approximate surface area is 169 Å². The van der Waals surface area contributed by atoms with E-state index in [1.165, 1.54) is 6.07 Å². The molecule has 3 aromatic rings. The van der Waals surface area contributed by atoms with E-state index in [0.29, 0.717) is 16.7 Å². The van der Waals surface area contributed by atoms with Crippen LogP contribution in [0, 0.1) is 10.1 Å². The Balaban J connectivity index is 0.00000192. The second kappa shape index (κ2) is 6.90. The number of rotatable bonds is 1. The van der Waals surface area contributed by atoms with Crippen molar-refractivity contribution in [3.05, 3.63) is 75.4 Å². The summed E-state index contributed by atoms with van der Waals surface area (Å²) in [5.74, 6) is 0. The van der Waals surface area contributed by atoms with Crippen LogP contribution in [0.25, 0.3) is 46.4 Å². The molecule has 0 unspecified atom stereocenters. The van der Waals surface area contributed by atoms with Crippen molar-refractivity contribution in [1.82, 2.24) is 19.9 Å². The smallest absolute Gasteiger partial charge is 0.294 e. The van der Waals surface area contributed by atoms with E-state index in [1.807, 2.05) is 54.6 Å². The van der Waals surface area contributed by atoms with Gasteiger partial charge in [-0.25, -0.2) is 9.97 Å². The molecule has 0 atom stereocenters. The minimum Gasteiger partial charge on any atom is -0.355 e. The van der Waals surface area contributed by atoms with Crippen LogP contribution < -0.4 is 0 Å². The number of H-pyrrole nitrogens is 2. The predicted octanol–water partition coefficient (Wildman–Crippen LogP) is 4.56. The Kier molecular flexibility index (Phi) is 4.41. The van der Waals surface area contributed by atoms with E-state index in [0.717, 1.165) is 28.1 Å². The zero-order chi connectivity index (χ0) is 18.4. The summed E-state index contributed by atoms with van der Waals surface area (Å²) in [5, 5.41) is 11.4. The van der Waals surface area contributed by atoms with Crippen LogP contribution in [-0.4, -0.2) is 24.9 Å². The van der Waals surface area contributed by atoms with Crippen LogP contribution in [0.1, 0.15) is 22.8 Å². The zero-order valence-corrected chi connectivity index (χ0v) is 15.3. The molecule has 28 heavy (non-hydrogen) atoms. The monoisotopic (exact) mass is 413 g/mol. The van der Waals surface area contributed by atoms with Gasteiger partial charge in [0, 0.05) is 39.1 Å². The minimum atomic E-state index is -0.396. The standard InChI is InChI=1S/C20H13N5O2.Ni/c26-25(27)20-11-18-9-16-4-3-14(22-16)7-12-1-2-13(21-12)8-15-5-6-17(23-15)10-19(20)24-18;/h1-11,22,24H;. The van der Waals surface area contributed by atoms with Crippen LogP contribution >= 0.6 is 0 Å². The van der Waals surface area contributed by atoms with Crippen LogP contribution in [0.5, 0.6) is 0 Å². The van der Waals surface area contributed by atoms with Gasteiger partial charge < -0.3 is 9.97 Å². The van der Waals surface area contributed by atoms with Gasteiger partial charge in [0.2, 0.25) is 0 Å². The normalized spacial score (nSPS) is 12.0. The molecule has 2 N–H and O–H groups in total. The predicted molar refractivity (Wildman–Crippen MR) is 106 cm³/mol. The van der Waals surface area contributed by atoms with Crippen molar-refractivity contribution in [1.29, 1.82) is 0 Å². The van der Waals surface area contributed by atoms with Crippen molar-refractivity contribution in [2.24, 2.45) is 0 Å². The molecule has 0 aromatic carbocycles.